The zero-order valence-electron chi connectivity index (χ0n) is 19.5. The Morgan fingerprint density at radius 1 is 1.17 bits per heavy atom. The van der Waals surface area contributed by atoms with Gasteiger partial charge in [0.15, 0.2) is 5.82 Å². The van der Waals surface area contributed by atoms with Crippen molar-refractivity contribution < 1.29 is 18.8 Å². The molecule has 0 unspecified atom stereocenters. The summed E-state index contributed by atoms with van der Waals surface area (Å²) in [5, 5.41) is 11.6. The van der Waals surface area contributed by atoms with Crippen LogP contribution < -0.4 is 15.5 Å². The molecule has 1 aliphatic rings. The van der Waals surface area contributed by atoms with E-state index in [-0.39, 0.29) is 18.3 Å². The second-order valence-electron chi connectivity index (χ2n) is 8.48. The number of carbonyl (C=O) groups excluding carboxylic acids is 3. The highest BCUT2D eigenvalue weighted by Crippen LogP contribution is 2.28. The molecule has 5 rings (SSSR count). The fourth-order valence-electron chi connectivity index (χ4n) is 4.10. The average molecular weight is 507 g/mol. The summed E-state index contributed by atoms with van der Waals surface area (Å²) in [5.41, 5.74) is 3.49. The average Bonchev–Trinajstić information content (AvgIpc) is 3.57. The molecule has 1 fully saturated rings. The lowest BCUT2D eigenvalue weighted by Crippen LogP contribution is -2.36. The number of fused-ring (bicyclic) bond motifs is 1. The second kappa shape index (κ2) is 9.86. The third-order valence-electron chi connectivity index (χ3n) is 5.94. The minimum absolute atomic E-state index is 0.0530. The molecule has 9 nitrogen and oxygen atoms in total. The molecule has 0 radical (unpaired) electrons. The van der Waals surface area contributed by atoms with E-state index in [9.17, 15) is 18.8 Å². The number of hydrogen-bond acceptors (Lipinski definition) is 6. The lowest BCUT2D eigenvalue weighted by Gasteiger charge is -2.19. The third kappa shape index (κ3) is 4.82. The van der Waals surface area contributed by atoms with Gasteiger partial charge in [0, 0.05) is 48.2 Å². The van der Waals surface area contributed by atoms with Crippen LogP contribution in [-0.4, -0.2) is 45.4 Å². The zero-order chi connectivity index (χ0) is 25.2. The molecule has 2 aromatic carbocycles. The molecule has 0 saturated carbocycles. The van der Waals surface area contributed by atoms with Gasteiger partial charge in [0.1, 0.15) is 5.82 Å². The molecule has 1 saturated heterocycles. The van der Waals surface area contributed by atoms with Crippen LogP contribution in [-0.2, 0) is 20.8 Å². The third-order valence-corrected chi connectivity index (χ3v) is 6.80. The predicted octanol–water partition coefficient (Wildman–Crippen LogP) is 3.33. The molecular weight excluding hydrogens is 483 g/mol. The molecule has 0 aliphatic carbocycles. The van der Waals surface area contributed by atoms with E-state index in [1.165, 1.54) is 23.5 Å². The van der Waals surface area contributed by atoms with Gasteiger partial charge in [0.25, 0.3) is 0 Å². The van der Waals surface area contributed by atoms with E-state index >= 15 is 0 Å². The van der Waals surface area contributed by atoms with Gasteiger partial charge < -0.3 is 15.5 Å². The van der Waals surface area contributed by atoms with Gasteiger partial charge in [-0.2, -0.15) is 4.98 Å². The van der Waals surface area contributed by atoms with E-state index in [1.54, 1.807) is 33.7 Å². The van der Waals surface area contributed by atoms with Gasteiger partial charge in [0.05, 0.1) is 5.69 Å². The number of aromatic nitrogens is 3. The van der Waals surface area contributed by atoms with E-state index in [0.29, 0.717) is 41.4 Å². The van der Waals surface area contributed by atoms with Crippen LogP contribution in [0.2, 0.25) is 0 Å². The maximum absolute atomic E-state index is 13.5. The highest BCUT2D eigenvalue weighted by Gasteiger charge is 2.24. The van der Waals surface area contributed by atoms with Crippen molar-refractivity contribution in [2.75, 3.05) is 23.3 Å². The quantitative estimate of drug-likeness (QED) is 0.390. The summed E-state index contributed by atoms with van der Waals surface area (Å²) in [6.45, 7) is 2.76. The number of aryl methyl sites for hydroxylation is 1. The van der Waals surface area contributed by atoms with Crippen LogP contribution in [0, 0.1) is 12.7 Å². The predicted molar refractivity (Wildman–Crippen MR) is 134 cm³/mol. The van der Waals surface area contributed by atoms with E-state index in [0.717, 1.165) is 23.4 Å². The summed E-state index contributed by atoms with van der Waals surface area (Å²) in [5.74, 6) is -1.45. The highest BCUT2D eigenvalue weighted by atomic mass is 32.1. The van der Waals surface area contributed by atoms with Crippen LogP contribution in [0.5, 0.6) is 0 Å². The van der Waals surface area contributed by atoms with E-state index in [1.807, 2.05) is 18.4 Å². The number of amides is 3. The fraction of sp³-hybridized carbons (Fsp3) is 0.240. The Bertz CT molecular complexity index is 1480. The Morgan fingerprint density at radius 2 is 2.03 bits per heavy atom. The van der Waals surface area contributed by atoms with Gasteiger partial charge in [-0.25, -0.2) is 8.91 Å². The summed E-state index contributed by atoms with van der Waals surface area (Å²) in [6.07, 6.45) is 1.74. The molecule has 0 atom stereocenters. The van der Waals surface area contributed by atoms with Gasteiger partial charge in [-0.1, -0.05) is 18.2 Å². The van der Waals surface area contributed by atoms with Crippen molar-refractivity contribution in [3.63, 3.8) is 0 Å². The van der Waals surface area contributed by atoms with Crippen molar-refractivity contribution in [3.8, 4) is 11.4 Å². The topological polar surface area (TPSA) is 109 Å². The maximum Gasteiger partial charge on any atom is 0.313 e. The summed E-state index contributed by atoms with van der Waals surface area (Å²) < 4.78 is 15.2. The van der Waals surface area contributed by atoms with Crippen LogP contribution >= 0.6 is 11.3 Å². The largest absolute Gasteiger partial charge is 0.347 e. The Labute approximate surface area is 210 Å². The SMILES string of the molecule is Cc1ccc(NC(=O)C(=O)NCCc2csc3nc(-c4cccc(F)c4)nn23)cc1N1CCCC1=O. The minimum atomic E-state index is -0.790. The maximum atomic E-state index is 13.5. The molecule has 2 aromatic heterocycles. The number of hydrogen-bond donors (Lipinski definition) is 2. The number of rotatable bonds is 6. The van der Waals surface area contributed by atoms with Gasteiger partial charge in [-0.3, -0.25) is 14.4 Å². The smallest absolute Gasteiger partial charge is 0.313 e. The van der Waals surface area contributed by atoms with Gasteiger partial charge in [-0.05, 0) is 43.2 Å². The van der Waals surface area contributed by atoms with Crippen molar-refractivity contribution >= 4 is 45.4 Å². The molecule has 2 N–H and O–H groups in total. The van der Waals surface area contributed by atoms with Crippen LogP contribution in [0.1, 0.15) is 24.1 Å². The van der Waals surface area contributed by atoms with Crippen molar-refractivity contribution in [2.24, 2.45) is 0 Å². The summed E-state index contributed by atoms with van der Waals surface area (Å²) in [4.78, 5) is 43.7. The molecule has 184 valence electrons. The summed E-state index contributed by atoms with van der Waals surface area (Å²) >= 11 is 1.39. The molecule has 3 heterocycles. The second-order valence-corrected chi connectivity index (χ2v) is 9.31. The first-order valence-corrected chi connectivity index (χ1v) is 12.4. The van der Waals surface area contributed by atoms with Gasteiger partial charge in [0.2, 0.25) is 10.9 Å². The fourth-order valence-corrected chi connectivity index (χ4v) is 4.96. The monoisotopic (exact) mass is 506 g/mol. The Balaban J connectivity index is 1.19. The molecule has 0 spiro atoms. The number of anilines is 2. The van der Waals surface area contributed by atoms with Crippen molar-refractivity contribution in [3.05, 3.63) is 64.9 Å². The first-order chi connectivity index (χ1) is 17.4. The Kier molecular flexibility index (Phi) is 6.47. The van der Waals surface area contributed by atoms with E-state index < -0.39 is 11.8 Å². The number of thiazole rings is 1. The normalized spacial score (nSPS) is 13.4. The number of halogens is 1. The molecular formula is C25H23FN6O3S. The molecule has 1 aliphatic heterocycles. The Morgan fingerprint density at radius 3 is 2.81 bits per heavy atom. The minimum Gasteiger partial charge on any atom is -0.347 e. The van der Waals surface area contributed by atoms with Crippen molar-refractivity contribution in [1.82, 2.24) is 19.9 Å². The van der Waals surface area contributed by atoms with Crippen molar-refractivity contribution in [2.45, 2.75) is 26.2 Å². The number of carbonyl (C=O) groups is 3. The molecule has 0 bridgehead atoms. The lowest BCUT2D eigenvalue weighted by atomic mass is 10.1. The highest BCUT2D eigenvalue weighted by molar-refractivity contribution is 7.15. The first kappa shape index (κ1) is 23.6. The van der Waals surface area contributed by atoms with Crippen molar-refractivity contribution in [1.29, 1.82) is 0 Å². The Hall–Kier alpha value is -4.12. The number of benzene rings is 2. The number of nitrogens with one attached hydrogen (secondary N) is 2. The lowest BCUT2D eigenvalue weighted by molar-refractivity contribution is -0.136. The summed E-state index contributed by atoms with van der Waals surface area (Å²) in [7, 11) is 0. The summed E-state index contributed by atoms with van der Waals surface area (Å²) in [6, 6.07) is 11.3. The molecule has 4 aromatic rings. The van der Waals surface area contributed by atoms with Crippen LogP contribution in [0.15, 0.2) is 47.8 Å². The van der Waals surface area contributed by atoms with Gasteiger partial charge in [-0.15, -0.1) is 16.4 Å². The van der Waals surface area contributed by atoms with E-state index in [2.05, 4.69) is 20.7 Å². The first-order valence-electron chi connectivity index (χ1n) is 11.5. The van der Waals surface area contributed by atoms with Crippen LogP contribution in [0.25, 0.3) is 16.3 Å². The zero-order valence-corrected chi connectivity index (χ0v) is 20.3. The molecule has 36 heavy (non-hydrogen) atoms. The number of nitrogens with zero attached hydrogens (tertiary/aromatic N) is 4. The molecule has 3 amide bonds. The van der Waals surface area contributed by atoms with E-state index in [4.69, 9.17) is 0 Å². The molecule has 11 heteroatoms. The van der Waals surface area contributed by atoms with Gasteiger partial charge >= 0.3 is 11.8 Å². The van der Waals surface area contributed by atoms with Crippen LogP contribution in [0.3, 0.4) is 0 Å². The standard InChI is InChI=1S/C25H23FN6O3S/c1-15-7-8-18(13-20(15)31-11-3-6-21(31)33)28-24(35)23(34)27-10-9-19-14-36-25-29-22(30-32(19)25)16-4-2-5-17(26)12-16/h2,4-5,7-8,12-14H,3,6,9-11H2,1H3,(H,27,34)(H,28,35). The van der Waals surface area contributed by atoms with Crippen LogP contribution in [0.4, 0.5) is 15.8 Å².